The summed E-state index contributed by atoms with van der Waals surface area (Å²) in [6, 6.07) is 5.65. The fourth-order valence-electron chi connectivity index (χ4n) is 2.75. The molecule has 0 spiro atoms. The van der Waals surface area contributed by atoms with E-state index in [9.17, 15) is 14.4 Å². The first-order valence-corrected chi connectivity index (χ1v) is 10.9. The lowest BCUT2D eigenvalue weighted by Gasteiger charge is -2.19. The van der Waals surface area contributed by atoms with E-state index in [1.807, 2.05) is 20.8 Å². The minimum absolute atomic E-state index is 0.0315. The van der Waals surface area contributed by atoms with Crippen molar-refractivity contribution in [3.8, 4) is 0 Å². The summed E-state index contributed by atoms with van der Waals surface area (Å²) in [5.74, 6) is -0.824. The van der Waals surface area contributed by atoms with E-state index in [2.05, 4.69) is 10.3 Å². The number of esters is 1. The van der Waals surface area contributed by atoms with Gasteiger partial charge in [-0.25, -0.2) is 9.78 Å². The van der Waals surface area contributed by atoms with Crippen LogP contribution in [0, 0.1) is 5.92 Å². The van der Waals surface area contributed by atoms with E-state index in [-0.39, 0.29) is 24.3 Å². The lowest BCUT2D eigenvalue weighted by Crippen LogP contribution is -2.42. The van der Waals surface area contributed by atoms with Gasteiger partial charge in [-0.15, -0.1) is 11.3 Å². The molecule has 1 unspecified atom stereocenters. The van der Waals surface area contributed by atoms with Gasteiger partial charge in [0.15, 0.2) is 5.13 Å². The molecule has 1 N–H and O–H groups in total. The summed E-state index contributed by atoms with van der Waals surface area (Å²) >= 11 is 7.17. The maximum Gasteiger partial charge on any atom is 0.329 e. The second kappa shape index (κ2) is 11.1. The van der Waals surface area contributed by atoms with Gasteiger partial charge >= 0.3 is 5.97 Å². The lowest BCUT2D eigenvalue weighted by molar-refractivity contribution is -0.147. The minimum Gasteiger partial charge on any atom is -0.458 e. The van der Waals surface area contributed by atoms with Gasteiger partial charge in [-0.1, -0.05) is 25.4 Å². The number of anilines is 1. The highest BCUT2D eigenvalue weighted by Gasteiger charge is 2.24. The Hall–Kier alpha value is -2.45. The maximum absolute atomic E-state index is 12.6. The minimum atomic E-state index is -0.782. The van der Waals surface area contributed by atoms with Gasteiger partial charge in [0, 0.05) is 29.4 Å². The molecule has 1 aromatic carbocycles. The van der Waals surface area contributed by atoms with E-state index in [0.29, 0.717) is 34.4 Å². The summed E-state index contributed by atoms with van der Waals surface area (Å²) in [6.45, 7) is 7.74. The van der Waals surface area contributed by atoms with Crippen molar-refractivity contribution in [3.05, 3.63) is 45.9 Å². The van der Waals surface area contributed by atoms with Gasteiger partial charge in [0.25, 0.3) is 5.91 Å². The van der Waals surface area contributed by atoms with Crippen molar-refractivity contribution in [1.82, 2.24) is 10.3 Å². The molecule has 0 aliphatic rings. The fourth-order valence-corrected chi connectivity index (χ4v) is 3.80. The normalized spacial score (nSPS) is 11.8. The largest absolute Gasteiger partial charge is 0.458 e. The van der Waals surface area contributed by atoms with E-state index in [4.69, 9.17) is 16.3 Å². The van der Waals surface area contributed by atoms with Gasteiger partial charge in [-0.05, 0) is 43.5 Å². The number of hydrogen-bond acceptors (Lipinski definition) is 6. The zero-order valence-corrected chi connectivity index (χ0v) is 19.0. The van der Waals surface area contributed by atoms with Crippen LogP contribution >= 0.6 is 22.9 Å². The predicted octanol–water partition coefficient (Wildman–Crippen LogP) is 4.06. The molecular weight excluding hydrogens is 426 g/mol. The van der Waals surface area contributed by atoms with Crippen molar-refractivity contribution >= 4 is 45.9 Å². The van der Waals surface area contributed by atoms with Crippen LogP contribution in [0.2, 0.25) is 5.02 Å². The number of rotatable bonds is 9. The third-order valence-electron chi connectivity index (χ3n) is 4.23. The van der Waals surface area contributed by atoms with Crippen LogP contribution in [0.3, 0.4) is 0 Å². The Balaban J connectivity index is 2.01. The first-order chi connectivity index (χ1) is 14.2. The van der Waals surface area contributed by atoms with Crippen LogP contribution in [-0.4, -0.2) is 35.4 Å². The summed E-state index contributed by atoms with van der Waals surface area (Å²) in [7, 11) is 0. The monoisotopic (exact) mass is 451 g/mol. The topological polar surface area (TPSA) is 88.6 Å². The zero-order valence-electron chi connectivity index (χ0n) is 17.5. The Kier molecular flexibility index (Phi) is 8.80. The van der Waals surface area contributed by atoms with Crippen LogP contribution in [0.4, 0.5) is 5.13 Å². The van der Waals surface area contributed by atoms with Crippen molar-refractivity contribution < 1.29 is 19.1 Å². The number of halogens is 1. The molecule has 1 aromatic heterocycles. The summed E-state index contributed by atoms with van der Waals surface area (Å²) in [5.41, 5.74) is 0.962. The number of aromatic nitrogens is 1. The average molecular weight is 452 g/mol. The van der Waals surface area contributed by atoms with E-state index in [1.165, 1.54) is 18.3 Å². The number of nitrogens with one attached hydrogen (secondary N) is 1. The lowest BCUT2D eigenvalue weighted by atomic mass is 10.0. The van der Waals surface area contributed by atoms with Crippen LogP contribution in [0.1, 0.15) is 50.2 Å². The molecule has 30 heavy (non-hydrogen) atoms. The van der Waals surface area contributed by atoms with Crippen LogP contribution in [-0.2, 0) is 20.9 Å². The Bertz CT molecular complexity index is 883. The van der Waals surface area contributed by atoms with Gasteiger partial charge in [0.05, 0.1) is 5.69 Å². The number of carbonyl (C=O) groups is 3. The van der Waals surface area contributed by atoms with Crippen molar-refractivity contribution in [2.24, 2.45) is 5.92 Å². The van der Waals surface area contributed by atoms with Gasteiger partial charge in [0.1, 0.15) is 12.6 Å². The van der Waals surface area contributed by atoms with Gasteiger partial charge in [-0.2, -0.15) is 0 Å². The van der Waals surface area contributed by atoms with Crippen LogP contribution in [0.5, 0.6) is 0 Å². The van der Waals surface area contributed by atoms with Crippen molar-refractivity contribution in [2.75, 3.05) is 11.4 Å². The smallest absolute Gasteiger partial charge is 0.329 e. The highest BCUT2D eigenvalue weighted by Crippen LogP contribution is 2.21. The molecular formula is C21H26ClN3O4S. The third kappa shape index (κ3) is 6.81. The standard InChI is InChI=1S/C21H26ClN3O4S/c1-5-25(14(4)26)21-23-17(12-30-21)11-29-20(28)18(10-13(2)3)24-19(27)15-6-8-16(22)9-7-15/h6-9,12-13,18H,5,10-11H2,1-4H3,(H,24,27). The van der Waals surface area contributed by atoms with Crippen LogP contribution in [0.25, 0.3) is 0 Å². The number of hydrogen-bond donors (Lipinski definition) is 1. The molecule has 0 bridgehead atoms. The molecule has 0 radical (unpaired) electrons. The quantitative estimate of drug-likeness (QED) is 0.581. The molecule has 2 aromatic rings. The maximum atomic E-state index is 12.6. The average Bonchev–Trinajstić information content (AvgIpc) is 3.14. The molecule has 0 fully saturated rings. The van der Waals surface area contributed by atoms with Crippen LogP contribution < -0.4 is 10.2 Å². The van der Waals surface area contributed by atoms with E-state index < -0.39 is 12.0 Å². The molecule has 162 valence electrons. The number of ether oxygens (including phenoxy) is 1. The summed E-state index contributed by atoms with van der Waals surface area (Å²) in [4.78, 5) is 42.7. The molecule has 0 saturated heterocycles. The van der Waals surface area contributed by atoms with Gasteiger partial charge < -0.3 is 10.1 Å². The summed E-state index contributed by atoms with van der Waals surface area (Å²) in [6.07, 6.45) is 0.439. The number of nitrogens with zero attached hydrogens (tertiary/aromatic N) is 2. The molecule has 1 heterocycles. The Morgan fingerprint density at radius 3 is 2.47 bits per heavy atom. The summed E-state index contributed by atoms with van der Waals surface area (Å²) in [5, 5.41) is 5.58. The molecule has 2 rings (SSSR count). The number of carbonyl (C=O) groups excluding carboxylic acids is 3. The van der Waals surface area contributed by atoms with E-state index in [0.717, 1.165) is 0 Å². The highest BCUT2D eigenvalue weighted by atomic mass is 35.5. The second-order valence-electron chi connectivity index (χ2n) is 7.15. The first kappa shape index (κ1) is 23.8. The van der Waals surface area contributed by atoms with Gasteiger partial charge in [0.2, 0.25) is 5.91 Å². The Morgan fingerprint density at radius 1 is 1.23 bits per heavy atom. The van der Waals surface area contributed by atoms with E-state index in [1.54, 1.807) is 34.5 Å². The molecule has 0 saturated carbocycles. The summed E-state index contributed by atoms with van der Waals surface area (Å²) < 4.78 is 5.40. The second-order valence-corrected chi connectivity index (χ2v) is 8.43. The number of benzene rings is 1. The highest BCUT2D eigenvalue weighted by molar-refractivity contribution is 7.14. The molecule has 0 aliphatic carbocycles. The van der Waals surface area contributed by atoms with Gasteiger partial charge in [-0.3, -0.25) is 14.5 Å². The molecule has 9 heteroatoms. The molecule has 2 amide bonds. The molecule has 1 atom stereocenters. The fraction of sp³-hybridized carbons (Fsp3) is 0.429. The SMILES string of the molecule is CCN(C(C)=O)c1nc(COC(=O)C(CC(C)C)NC(=O)c2ccc(Cl)cc2)cs1. The number of amides is 2. The zero-order chi connectivity index (χ0) is 22.3. The van der Waals surface area contributed by atoms with E-state index >= 15 is 0 Å². The van der Waals surface area contributed by atoms with Crippen molar-refractivity contribution in [2.45, 2.75) is 46.8 Å². The van der Waals surface area contributed by atoms with Crippen molar-refractivity contribution in [3.63, 3.8) is 0 Å². The first-order valence-electron chi connectivity index (χ1n) is 9.66. The molecule has 7 nitrogen and oxygen atoms in total. The molecule has 0 aliphatic heterocycles. The Labute approximate surface area is 185 Å². The predicted molar refractivity (Wildman–Crippen MR) is 118 cm³/mol. The van der Waals surface area contributed by atoms with Crippen molar-refractivity contribution in [1.29, 1.82) is 0 Å². The van der Waals surface area contributed by atoms with Crippen LogP contribution in [0.15, 0.2) is 29.6 Å². The Morgan fingerprint density at radius 2 is 1.90 bits per heavy atom. The number of thiazole rings is 1. The third-order valence-corrected chi connectivity index (χ3v) is 5.40.